The summed E-state index contributed by atoms with van der Waals surface area (Å²) in [7, 11) is 3.49. The third-order valence-corrected chi connectivity index (χ3v) is 5.18. The predicted molar refractivity (Wildman–Crippen MR) is 116 cm³/mol. The van der Waals surface area contributed by atoms with Crippen LogP contribution in [0.2, 0.25) is 0 Å². The molecule has 0 aliphatic heterocycles. The summed E-state index contributed by atoms with van der Waals surface area (Å²) in [6.45, 7) is 2.04. The summed E-state index contributed by atoms with van der Waals surface area (Å²) in [5.41, 5.74) is 2.68. The molecule has 0 radical (unpaired) electrons. The summed E-state index contributed by atoms with van der Waals surface area (Å²) in [4.78, 5) is 37.5. The maximum atomic E-state index is 12.9. The number of nitrogens with zero attached hydrogens (tertiary/aromatic N) is 2. The number of carbonyl (C=O) groups excluding carboxylic acids is 2. The first-order valence-corrected chi connectivity index (χ1v) is 9.58. The monoisotopic (exact) mass is 403 g/mol. The van der Waals surface area contributed by atoms with Crippen molar-refractivity contribution in [3.8, 4) is 0 Å². The van der Waals surface area contributed by atoms with Crippen molar-refractivity contribution in [1.82, 2.24) is 9.13 Å². The van der Waals surface area contributed by atoms with E-state index in [4.69, 9.17) is 4.74 Å². The predicted octanol–water partition coefficient (Wildman–Crippen LogP) is 3.46. The van der Waals surface area contributed by atoms with Crippen molar-refractivity contribution in [3.63, 3.8) is 0 Å². The highest BCUT2D eigenvalue weighted by Gasteiger charge is 2.19. The highest BCUT2D eigenvalue weighted by atomic mass is 16.5. The first-order chi connectivity index (χ1) is 14.4. The molecule has 0 aliphatic carbocycles. The Balaban J connectivity index is 1.72. The van der Waals surface area contributed by atoms with E-state index in [0.29, 0.717) is 28.9 Å². The molecule has 0 bridgehead atoms. The fourth-order valence-electron chi connectivity index (χ4n) is 3.67. The molecule has 2 heterocycles. The molecule has 4 aromatic rings. The van der Waals surface area contributed by atoms with Gasteiger partial charge in [0.05, 0.1) is 28.6 Å². The Hall–Kier alpha value is -3.87. The van der Waals surface area contributed by atoms with Crippen LogP contribution in [0, 0.1) is 0 Å². The van der Waals surface area contributed by atoms with E-state index in [1.165, 1.54) is 0 Å². The fourth-order valence-corrected chi connectivity index (χ4v) is 3.67. The lowest BCUT2D eigenvalue weighted by Gasteiger charge is -2.09. The number of hydrogen-bond acceptors (Lipinski definition) is 4. The summed E-state index contributed by atoms with van der Waals surface area (Å²) in [6.07, 6.45) is 0. The largest absolute Gasteiger partial charge is 0.462 e. The van der Waals surface area contributed by atoms with Gasteiger partial charge in [0.1, 0.15) is 5.69 Å². The van der Waals surface area contributed by atoms with Gasteiger partial charge in [0.15, 0.2) is 0 Å². The summed E-state index contributed by atoms with van der Waals surface area (Å²) in [5.74, 6) is -0.754. The van der Waals surface area contributed by atoms with Crippen LogP contribution in [-0.4, -0.2) is 27.6 Å². The number of anilines is 1. The average molecular weight is 403 g/mol. The normalized spacial score (nSPS) is 11.0. The molecule has 7 heteroatoms. The molecule has 1 N–H and O–H groups in total. The van der Waals surface area contributed by atoms with Crippen molar-refractivity contribution in [2.24, 2.45) is 14.1 Å². The second kappa shape index (κ2) is 7.51. The van der Waals surface area contributed by atoms with Crippen LogP contribution in [0.15, 0.2) is 59.4 Å². The van der Waals surface area contributed by atoms with Gasteiger partial charge in [0.25, 0.3) is 11.5 Å². The number of aryl methyl sites for hydroxylation is 2. The van der Waals surface area contributed by atoms with Crippen LogP contribution in [0.3, 0.4) is 0 Å². The first kappa shape index (κ1) is 19.4. The van der Waals surface area contributed by atoms with Gasteiger partial charge in [-0.15, -0.1) is 0 Å². The Labute approximate surface area is 172 Å². The minimum atomic E-state index is -0.410. The molecule has 0 unspecified atom stereocenters. The third-order valence-electron chi connectivity index (χ3n) is 5.18. The number of benzene rings is 2. The number of ether oxygens (including phenoxy) is 1. The van der Waals surface area contributed by atoms with E-state index in [1.54, 1.807) is 60.5 Å². The molecule has 1 amide bonds. The van der Waals surface area contributed by atoms with Gasteiger partial charge < -0.3 is 19.2 Å². The van der Waals surface area contributed by atoms with Gasteiger partial charge in [0, 0.05) is 25.2 Å². The van der Waals surface area contributed by atoms with E-state index in [2.05, 4.69) is 5.32 Å². The van der Waals surface area contributed by atoms with Crippen LogP contribution >= 0.6 is 0 Å². The van der Waals surface area contributed by atoms with Gasteiger partial charge in [-0.3, -0.25) is 9.59 Å². The van der Waals surface area contributed by atoms with E-state index >= 15 is 0 Å². The van der Waals surface area contributed by atoms with E-state index < -0.39 is 5.97 Å². The second-order valence-corrected chi connectivity index (χ2v) is 6.98. The summed E-state index contributed by atoms with van der Waals surface area (Å²) < 4.78 is 8.29. The molecule has 0 saturated carbocycles. The number of esters is 1. The van der Waals surface area contributed by atoms with E-state index in [0.717, 1.165) is 16.4 Å². The lowest BCUT2D eigenvalue weighted by molar-refractivity contribution is 0.0526. The zero-order valence-corrected chi connectivity index (χ0v) is 16.9. The van der Waals surface area contributed by atoms with Crippen LogP contribution in [0.4, 0.5) is 5.69 Å². The van der Waals surface area contributed by atoms with Crippen LogP contribution in [-0.2, 0) is 18.8 Å². The molecule has 0 fully saturated rings. The zero-order chi connectivity index (χ0) is 21.4. The van der Waals surface area contributed by atoms with Gasteiger partial charge >= 0.3 is 5.97 Å². The lowest BCUT2D eigenvalue weighted by atomic mass is 10.1. The quantitative estimate of drug-likeness (QED) is 0.529. The number of amides is 1. The Morgan fingerprint density at radius 1 is 0.967 bits per heavy atom. The second-order valence-electron chi connectivity index (χ2n) is 6.98. The zero-order valence-electron chi connectivity index (χ0n) is 16.9. The standard InChI is InChI=1S/C23H21N3O4/c1-4-30-23(29)14-9-11-15(12-10-14)24-21(27)19-13-17-20(25(19)2)16-7-5-6-8-18(16)26(3)22(17)28/h5-13H,4H2,1-3H3,(H,24,27). The van der Waals surface area contributed by atoms with Gasteiger partial charge in [-0.05, 0) is 43.3 Å². The Morgan fingerprint density at radius 2 is 1.67 bits per heavy atom. The number of pyridine rings is 1. The molecule has 2 aromatic heterocycles. The van der Waals surface area contributed by atoms with Crippen molar-refractivity contribution in [3.05, 3.63) is 76.2 Å². The molecule has 4 rings (SSSR count). The molecular weight excluding hydrogens is 382 g/mol. The van der Waals surface area contributed by atoms with Gasteiger partial charge in [-0.25, -0.2) is 4.79 Å². The third kappa shape index (κ3) is 3.14. The summed E-state index contributed by atoms with van der Waals surface area (Å²) in [5, 5.41) is 4.21. The van der Waals surface area contributed by atoms with Crippen LogP contribution in [0.5, 0.6) is 0 Å². The minimum Gasteiger partial charge on any atom is -0.462 e. The summed E-state index contributed by atoms with van der Waals surface area (Å²) in [6, 6.07) is 15.7. The number of aromatic nitrogens is 2. The van der Waals surface area contributed by atoms with Crippen molar-refractivity contribution >= 4 is 39.4 Å². The van der Waals surface area contributed by atoms with Crippen molar-refractivity contribution in [2.75, 3.05) is 11.9 Å². The number of carbonyl (C=O) groups is 2. The molecule has 7 nitrogen and oxygen atoms in total. The molecule has 0 aliphatic rings. The SMILES string of the molecule is CCOC(=O)c1ccc(NC(=O)c2cc3c(=O)n(C)c4ccccc4c3n2C)cc1. The van der Waals surface area contributed by atoms with Gasteiger partial charge in [-0.1, -0.05) is 18.2 Å². The van der Waals surface area contributed by atoms with Gasteiger partial charge in [0.2, 0.25) is 0 Å². The van der Waals surface area contributed by atoms with Crippen LogP contribution in [0.25, 0.3) is 21.8 Å². The van der Waals surface area contributed by atoms with Crippen molar-refractivity contribution in [2.45, 2.75) is 6.92 Å². The number of fused-ring (bicyclic) bond motifs is 3. The van der Waals surface area contributed by atoms with Crippen LogP contribution in [0.1, 0.15) is 27.8 Å². The highest BCUT2D eigenvalue weighted by molar-refractivity contribution is 6.11. The molecule has 2 aromatic carbocycles. The summed E-state index contributed by atoms with van der Waals surface area (Å²) >= 11 is 0. The number of hydrogen-bond donors (Lipinski definition) is 1. The lowest BCUT2D eigenvalue weighted by Crippen LogP contribution is -2.17. The number of para-hydroxylation sites is 1. The van der Waals surface area contributed by atoms with E-state index in [1.807, 2.05) is 24.3 Å². The fraction of sp³-hybridized carbons (Fsp3) is 0.174. The topological polar surface area (TPSA) is 82.3 Å². The Morgan fingerprint density at radius 3 is 2.37 bits per heavy atom. The highest BCUT2D eigenvalue weighted by Crippen LogP contribution is 2.25. The minimum absolute atomic E-state index is 0.155. The molecule has 0 spiro atoms. The Bertz CT molecular complexity index is 1350. The first-order valence-electron chi connectivity index (χ1n) is 9.58. The van der Waals surface area contributed by atoms with Crippen molar-refractivity contribution in [1.29, 1.82) is 0 Å². The van der Waals surface area contributed by atoms with E-state index in [9.17, 15) is 14.4 Å². The van der Waals surface area contributed by atoms with Crippen molar-refractivity contribution < 1.29 is 14.3 Å². The number of nitrogens with one attached hydrogen (secondary N) is 1. The van der Waals surface area contributed by atoms with Crippen LogP contribution < -0.4 is 10.9 Å². The molecule has 0 saturated heterocycles. The maximum absolute atomic E-state index is 12.9. The molecule has 0 atom stereocenters. The van der Waals surface area contributed by atoms with Gasteiger partial charge in [-0.2, -0.15) is 0 Å². The van der Waals surface area contributed by atoms with E-state index in [-0.39, 0.29) is 11.5 Å². The molecule has 30 heavy (non-hydrogen) atoms. The maximum Gasteiger partial charge on any atom is 0.338 e. The smallest absolute Gasteiger partial charge is 0.338 e. The average Bonchev–Trinajstić information content (AvgIpc) is 3.10. The molecule has 152 valence electrons. The molecular formula is C23H21N3O4. The number of rotatable bonds is 4. The Kier molecular flexibility index (Phi) is 4.87.